The SMILES string of the molecule is CCCCCCCCc1nc(SC(c2ccccc2)c2ccccc2C(=O)OC)n(C(c2ccccc2)c2ccccc2C(=O)OC)n1. The molecule has 248 valence electrons. The molecule has 5 aromatic rings. The van der Waals surface area contributed by atoms with Gasteiger partial charge in [0.05, 0.1) is 30.6 Å². The molecular weight excluding hydrogens is 619 g/mol. The number of aryl methyl sites for hydroxylation is 1. The quantitative estimate of drug-likeness (QED) is 0.0592. The first-order chi connectivity index (χ1) is 23.5. The molecule has 7 nitrogen and oxygen atoms in total. The zero-order chi connectivity index (χ0) is 33.7. The molecule has 0 spiro atoms. The highest BCUT2D eigenvalue weighted by Crippen LogP contribution is 2.43. The number of unbranched alkanes of at least 4 members (excludes halogenated alkanes) is 5. The Balaban J connectivity index is 1.66. The molecule has 0 amide bonds. The lowest BCUT2D eigenvalue weighted by molar-refractivity contribution is 0.0590. The Morgan fingerprint density at radius 1 is 0.667 bits per heavy atom. The van der Waals surface area contributed by atoms with Crippen LogP contribution in [0.4, 0.5) is 0 Å². The largest absolute Gasteiger partial charge is 0.465 e. The van der Waals surface area contributed by atoms with Gasteiger partial charge >= 0.3 is 11.9 Å². The number of benzene rings is 4. The molecule has 2 unspecified atom stereocenters. The maximum absolute atomic E-state index is 13.1. The lowest BCUT2D eigenvalue weighted by Gasteiger charge is -2.24. The van der Waals surface area contributed by atoms with E-state index in [1.165, 1.54) is 51.7 Å². The number of aromatic nitrogens is 3. The molecule has 0 saturated heterocycles. The minimum atomic E-state index is -0.470. The van der Waals surface area contributed by atoms with Crippen molar-refractivity contribution >= 4 is 23.7 Å². The predicted octanol–water partition coefficient (Wildman–Crippen LogP) is 9.27. The Labute approximate surface area is 287 Å². The maximum Gasteiger partial charge on any atom is 0.338 e. The third-order valence-electron chi connectivity index (χ3n) is 8.39. The Bertz CT molecular complexity index is 1770. The van der Waals surface area contributed by atoms with Crippen molar-refractivity contribution in [3.63, 3.8) is 0 Å². The Hall–Kier alpha value is -4.69. The van der Waals surface area contributed by atoms with E-state index in [-0.39, 0.29) is 5.25 Å². The summed E-state index contributed by atoms with van der Waals surface area (Å²) in [6.45, 7) is 2.23. The molecule has 8 heteroatoms. The molecule has 0 aliphatic carbocycles. The second-order valence-electron chi connectivity index (χ2n) is 11.7. The smallest absolute Gasteiger partial charge is 0.338 e. The van der Waals surface area contributed by atoms with E-state index >= 15 is 0 Å². The number of hydrogen-bond donors (Lipinski definition) is 0. The van der Waals surface area contributed by atoms with Gasteiger partial charge in [-0.1, -0.05) is 148 Å². The summed E-state index contributed by atoms with van der Waals surface area (Å²) in [5.41, 5.74) is 4.51. The molecule has 48 heavy (non-hydrogen) atoms. The minimum absolute atomic E-state index is 0.307. The fourth-order valence-corrected chi connectivity index (χ4v) is 7.20. The molecule has 1 heterocycles. The van der Waals surface area contributed by atoms with Crippen LogP contribution in [-0.4, -0.2) is 40.9 Å². The number of methoxy groups -OCH3 is 2. The predicted molar refractivity (Wildman–Crippen MR) is 190 cm³/mol. The summed E-state index contributed by atoms with van der Waals surface area (Å²) < 4.78 is 12.4. The first kappa shape index (κ1) is 34.6. The van der Waals surface area contributed by atoms with Crippen LogP contribution in [0.25, 0.3) is 0 Å². The van der Waals surface area contributed by atoms with E-state index in [0.717, 1.165) is 47.3 Å². The van der Waals surface area contributed by atoms with Crippen LogP contribution in [-0.2, 0) is 15.9 Å². The van der Waals surface area contributed by atoms with Crippen LogP contribution in [0.5, 0.6) is 0 Å². The zero-order valence-electron chi connectivity index (χ0n) is 27.9. The summed E-state index contributed by atoms with van der Waals surface area (Å²) in [6, 6.07) is 34.7. The molecule has 1 aromatic heterocycles. The fourth-order valence-electron chi connectivity index (χ4n) is 5.95. The average molecular weight is 662 g/mol. The molecule has 4 aromatic carbocycles. The normalized spacial score (nSPS) is 12.3. The topological polar surface area (TPSA) is 83.3 Å². The number of hydrogen-bond acceptors (Lipinski definition) is 7. The molecule has 0 saturated carbocycles. The Morgan fingerprint density at radius 3 is 1.81 bits per heavy atom. The van der Waals surface area contributed by atoms with Gasteiger partial charge in [-0.2, -0.15) is 5.10 Å². The molecule has 0 radical (unpaired) electrons. The van der Waals surface area contributed by atoms with E-state index in [9.17, 15) is 9.59 Å². The Morgan fingerprint density at radius 2 is 1.19 bits per heavy atom. The van der Waals surface area contributed by atoms with Crippen molar-refractivity contribution in [3.8, 4) is 0 Å². The van der Waals surface area contributed by atoms with Crippen LogP contribution in [0.3, 0.4) is 0 Å². The summed E-state index contributed by atoms with van der Waals surface area (Å²) in [5.74, 6) is -0.0635. The Kier molecular flexibility index (Phi) is 12.6. The van der Waals surface area contributed by atoms with E-state index in [2.05, 4.69) is 19.1 Å². The van der Waals surface area contributed by atoms with E-state index in [0.29, 0.717) is 16.3 Å². The molecule has 2 atom stereocenters. The van der Waals surface area contributed by atoms with Gasteiger partial charge in [-0.15, -0.1) is 0 Å². The highest BCUT2D eigenvalue weighted by atomic mass is 32.2. The van der Waals surface area contributed by atoms with Crippen molar-refractivity contribution in [2.45, 2.75) is 68.3 Å². The van der Waals surface area contributed by atoms with Crippen molar-refractivity contribution < 1.29 is 19.1 Å². The number of esters is 2. The monoisotopic (exact) mass is 661 g/mol. The third kappa shape index (κ3) is 8.42. The van der Waals surface area contributed by atoms with Crippen LogP contribution >= 0.6 is 11.8 Å². The summed E-state index contributed by atoms with van der Waals surface area (Å²) in [6.07, 6.45) is 7.72. The molecule has 0 N–H and O–H groups in total. The number of carbonyl (C=O) groups excluding carboxylic acids is 2. The van der Waals surface area contributed by atoms with Crippen molar-refractivity contribution in [1.82, 2.24) is 14.8 Å². The number of carbonyl (C=O) groups is 2. The van der Waals surface area contributed by atoms with Gasteiger partial charge in [0.1, 0.15) is 6.04 Å². The highest BCUT2D eigenvalue weighted by Gasteiger charge is 2.30. The van der Waals surface area contributed by atoms with E-state index in [1.54, 1.807) is 12.1 Å². The van der Waals surface area contributed by atoms with Gasteiger partial charge in [0.2, 0.25) is 0 Å². The molecule has 0 bridgehead atoms. The second-order valence-corrected chi connectivity index (χ2v) is 12.7. The van der Waals surface area contributed by atoms with E-state index < -0.39 is 18.0 Å². The molecule has 0 aliphatic heterocycles. The first-order valence-electron chi connectivity index (χ1n) is 16.6. The summed E-state index contributed by atoms with van der Waals surface area (Å²) in [7, 11) is 2.80. The minimum Gasteiger partial charge on any atom is -0.465 e. The molecular formula is C40H43N3O4S. The van der Waals surface area contributed by atoms with Crippen molar-refractivity contribution in [1.29, 1.82) is 0 Å². The molecule has 5 rings (SSSR count). The second kappa shape index (κ2) is 17.5. The van der Waals surface area contributed by atoms with Gasteiger partial charge in [-0.25, -0.2) is 19.3 Å². The van der Waals surface area contributed by atoms with Crippen molar-refractivity contribution in [3.05, 3.63) is 148 Å². The van der Waals surface area contributed by atoms with Gasteiger partial charge in [0.15, 0.2) is 11.0 Å². The van der Waals surface area contributed by atoms with Crippen LogP contribution in [0.15, 0.2) is 114 Å². The highest BCUT2D eigenvalue weighted by molar-refractivity contribution is 7.99. The van der Waals surface area contributed by atoms with Crippen LogP contribution in [0.2, 0.25) is 0 Å². The fraction of sp³-hybridized carbons (Fsp3) is 0.300. The maximum atomic E-state index is 13.1. The van der Waals surface area contributed by atoms with Crippen molar-refractivity contribution in [2.75, 3.05) is 14.2 Å². The van der Waals surface area contributed by atoms with Gasteiger partial charge in [0.25, 0.3) is 0 Å². The lowest BCUT2D eigenvalue weighted by atomic mass is 9.94. The number of thioether (sulfide) groups is 1. The van der Waals surface area contributed by atoms with Crippen LogP contribution in [0.1, 0.15) is 106 Å². The van der Waals surface area contributed by atoms with Crippen LogP contribution < -0.4 is 0 Å². The van der Waals surface area contributed by atoms with E-state index in [1.807, 2.05) is 89.6 Å². The number of ether oxygens (including phenoxy) is 2. The molecule has 0 fully saturated rings. The summed E-state index contributed by atoms with van der Waals surface area (Å²) >= 11 is 1.54. The first-order valence-corrected chi connectivity index (χ1v) is 17.5. The lowest BCUT2D eigenvalue weighted by Crippen LogP contribution is -2.19. The van der Waals surface area contributed by atoms with Gasteiger partial charge in [-0.3, -0.25) is 0 Å². The van der Waals surface area contributed by atoms with Crippen molar-refractivity contribution in [2.24, 2.45) is 0 Å². The third-order valence-corrected chi connectivity index (χ3v) is 9.64. The molecule has 0 aliphatic rings. The van der Waals surface area contributed by atoms with Gasteiger partial charge < -0.3 is 9.47 Å². The van der Waals surface area contributed by atoms with Crippen LogP contribution in [0, 0.1) is 0 Å². The summed E-state index contributed by atoms with van der Waals surface area (Å²) in [4.78, 5) is 31.3. The van der Waals surface area contributed by atoms with E-state index in [4.69, 9.17) is 19.6 Å². The summed E-state index contributed by atoms with van der Waals surface area (Å²) in [5, 5.41) is 5.55. The van der Waals surface area contributed by atoms with Gasteiger partial charge in [-0.05, 0) is 40.8 Å². The van der Waals surface area contributed by atoms with Gasteiger partial charge in [0, 0.05) is 6.42 Å². The number of nitrogens with zero attached hydrogens (tertiary/aromatic N) is 3. The zero-order valence-corrected chi connectivity index (χ0v) is 28.7. The average Bonchev–Trinajstić information content (AvgIpc) is 3.54. The standard InChI is InChI=1S/C40H43N3O4S/c1-4-5-6-7-8-15-28-35-41-40(48-37(30-22-13-10-14-23-30)32-25-17-19-27-34(32)39(45)47-3)43(42-35)36(29-20-11-9-12-21-29)31-24-16-18-26-33(31)38(44)46-2/h9-14,16-27,36-37H,4-8,15,28H2,1-3H3. The number of rotatable bonds is 16.